The number of rotatable bonds is 8. The predicted molar refractivity (Wildman–Crippen MR) is 417 cm³/mol. The monoisotopic (exact) mass is 1260 g/mol. The fourth-order valence-electron chi connectivity index (χ4n) is 16.5. The molecule has 17 aromatic rings. The zero-order valence-corrected chi connectivity index (χ0v) is 55.8. The van der Waals surface area contributed by atoms with Crippen LogP contribution < -0.4 is 26.2 Å². The molecule has 0 fully saturated rings. The highest BCUT2D eigenvalue weighted by Crippen LogP contribution is 2.52. The van der Waals surface area contributed by atoms with Crippen molar-refractivity contribution in [3.63, 3.8) is 0 Å². The quantitative estimate of drug-likeness (QED) is 0.141. The first-order chi connectivity index (χ1) is 47.9. The van der Waals surface area contributed by atoms with E-state index in [-0.39, 0.29) is 17.5 Å². The van der Waals surface area contributed by atoms with Gasteiger partial charge in [-0.3, -0.25) is 0 Å². The fraction of sp³-hybridized carbons (Fsp3) is 0.0870. The second-order valence-corrected chi connectivity index (χ2v) is 28.9. The van der Waals surface area contributed by atoms with Crippen molar-refractivity contribution in [2.75, 3.05) is 9.80 Å². The summed E-state index contributed by atoms with van der Waals surface area (Å²) < 4.78 is 7.39. The summed E-state index contributed by atoms with van der Waals surface area (Å²) in [4.78, 5) is 5.29. The second kappa shape index (κ2) is 21.8. The molecule has 0 saturated carbocycles. The summed E-state index contributed by atoms with van der Waals surface area (Å²) in [5, 5.41) is 7.35. The first kappa shape index (κ1) is 57.6. The Morgan fingerprint density at radius 1 is 0.235 bits per heavy atom. The lowest BCUT2D eigenvalue weighted by Gasteiger charge is -2.45. The molecule has 6 heteroatoms. The van der Waals surface area contributed by atoms with Crippen molar-refractivity contribution in [3.8, 4) is 50.4 Å². The van der Waals surface area contributed by atoms with Gasteiger partial charge in [-0.2, -0.15) is 0 Å². The molecule has 0 bridgehead atoms. The van der Waals surface area contributed by atoms with Crippen molar-refractivity contribution in [2.24, 2.45) is 0 Å². The van der Waals surface area contributed by atoms with Crippen LogP contribution in [0.5, 0.6) is 0 Å². The maximum Gasteiger partial charge on any atom is 0.252 e. The van der Waals surface area contributed by atoms with Crippen molar-refractivity contribution >= 4 is 123 Å². The molecule has 466 valence electrons. The molecule has 14 aromatic carbocycles. The molecule has 5 nitrogen and oxygen atoms in total. The van der Waals surface area contributed by atoms with Crippen LogP contribution in [0.15, 0.2) is 315 Å². The number of fused-ring (bicyclic) bond motifs is 13. The highest BCUT2D eigenvalue weighted by molar-refractivity contribution is 7.00. The Balaban J connectivity index is 0.948. The van der Waals surface area contributed by atoms with Gasteiger partial charge in [0, 0.05) is 83.3 Å². The van der Waals surface area contributed by atoms with E-state index in [2.05, 4.69) is 380 Å². The summed E-state index contributed by atoms with van der Waals surface area (Å²) in [5.74, 6) is 0. The van der Waals surface area contributed by atoms with Crippen LogP contribution in [0.2, 0.25) is 0 Å². The molecule has 2 aliphatic heterocycles. The summed E-state index contributed by atoms with van der Waals surface area (Å²) in [7, 11) is 0. The molecule has 0 saturated heterocycles. The van der Waals surface area contributed by atoms with Crippen LogP contribution in [0.3, 0.4) is 0 Å². The molecule has 98 heavy (non-hydrogen) atoms. The van der Waals surface area contributed by atoms with Crippen LogP contribution in [0.1, 0.15) is 52.7 Å². The van der Waals surface area contributed by atoms with E-state index in [1.807, 2.05) is 0 Å². The lowest BCUT2D eigenvalue weighted by Crippen LogP contribution is -2.61. The lowest BCUT2D eigenvalue weighted by atomic mass is 9.33. The Labute approximate surface area is 572 Å². The van der Waals surface area contributed by atoms with Crippen molar-refractivity contribution in [3.05, 3.63) is 327 Å². The van der Waals surface area contributed by atoms with E-state index >= 15 is 0 Å². The highest BCUT2D eigenvalue weighted by atomic mass is 15.2. The SMILES string of the molecule is CC(C)(C)c1ccc(-c2ccccc2N2c3cc(-n4c5ccccc5c5ccccc54)ccc3B3c4ccc(-n5c6ccccc6c6ccccc65)cc4N(c4ccccc4-c4ccc(C(C)(C)C)cc4)c4cc(-c5ccc6c(c5)c5ccccc5n6-c5ccccc5)cc2c43)cc1. The van der Waals surface area contributed by atoms with E-state index in [1.54, 1.807) is 0 Å². The third kappa shape index (κ3) is 8.87. The summed E-state index contributed by atoms with van der Waals surface area (Å²) in [6.45, 7) is 13.6. The first-order valence-electron chi connectivity index (χ1n) is 34.4. The molecule has 0 radical (unpaired) electrons. The maximum atomic E-state index is 2.64. The Morgan fingerprint density at radius 3 is 1.00 bits per heavy atom. The normalized spacial score (nSPS) is 12.9. The van der Waals surface area contributed by atoms with Crippen molar-refractivity contribution in [2.45, 2.75) is 52.4 Å². The maximum absolute atomic E-state index is 2.64. The minimum Gasteiger partial charge on any atom is -0.311 e. The zero-order chi connectivity index (χ0) is 65.7. The van der Waals surface area contributed by atoms with Crippen molar-refractivity contribution in [1.82, 2.24) is 13.7 Å². The minimum absolute atomic E-state index is 0.0120. The lowest BCUT2D eigenvalue weighted by molar-refractivity contribution is 0.590. The Hall–Kier alpha value is -11.9. The molecule has 0 spiro atoms. The van der Waals surface area contributed by atoms with Crippen LogP contribution in [-0.4, -0.2) is 20.4 Å². The third-order valence-electron chi connectivity index (χ3n) is 21.1. The van der Waals surface area contributed by atoms with Gasteiger partial charge in [0.1, 0.15) is 0 Å². The average Bonchev–Trinajstić information content (AvgIpc) is 0.869. The van der Waals surface area contributed by atoms with Gasteiger partial charge >= 0.3 is 0 Å². The number of benzene rings is 14. The Kier molecular flexibility index (Phi) is 12.8. The Morgan fingerprint density at radius 2 is 0.582 bits per heavy atom. The number of hydrogen-bond donors (Lipinski definition) is 0. The minimum atomic E-state index is -0.200. The molecular formula is C92H70BN5. The zero-order valence-electron chi connectivity index (χ0n) is 55.8. The Bertz CT molecular complexity index is 5690. The summed E-state index contributed by atoms with van der Waals surface area (Å²) in [6, 6.07) is 119. The van der Waals surface area contributed by atoms with E-state index in [0.29, 0.717) is 0 Å². The average molecular weight is 1260 g/mol. The number of para-hydroxylation sites is 8. The molecule has 0 N–H and O–H groups in total. The predicted octanol–water partition coefficient (Wildman–Crippen LogP) is 22.7. The van der Waals surface area contributed by atoms with E-state index in [0.717, 1.165) is 84.6 Å². The molecule has 0 amide bonds. The summed E-state index contributed by atoms with van der Waals surface area (Å²) >= 11 is 0. The second-order valence-electron chi connectivity index (χ2n) is 28.9. The number of anilines is 6. The van der Waals surface area contributed by atoms with Gasteiger partial charge in [-0.1, -0.05) is 254 Å². The topological polar surface area (TPSA) is 21.3 Å². The fourth-order valence-corrected chi connectivity index (χ4v) is 16.5. The molecule has 0 aliphatic carbocycles. The molecule has 5 heterocycles. The van der Waals surface area contributed by atoms with Crippen LogP contribution in [0, 0.1) is 0 Å². The van der Waals surface area contributed by atoms with Crippen molar-refractivity contribution < 1.29 is 0 Å². The van der Waals surface area contributed by atoms with E-state index < -0.39 is 0 Å². The van der Waals surface area contributed by atoms with E-state index in [1.165, 1.54) is 92.9 Å². The van der Waals surface area contributed by atoms with Crippen LogP contribution in [0.4, 0.5) is 34.1 Å². The van der Waals surface area contributed by atoms with Gasteiger partial charge < -0.3 is 23.5 Å². The third-order valence-corrected chi connectivity index (χ3v) is 21.1. The largest absolute Gasteiger partial charge is 0.311 e. The molecule has 3 aromatic heterocycles. The number of nitrogens with zero attached hydrogens (tertiary/aromatic N) is 5. The van der Waals surface area contributed by atoms with Gasteiger partial charge in [0.05, 0.1) is 44.5 Å². The first-order valence-corrected chi connectivity index (χ1v) is 34.4. The van der Waals surface area contributed by atoms with Gasteiger partial charge in [0.25, 0.3) is 6.71 Å². The van der Waals surface area contributed by atoms with E-state index in [4.69, 9.17) is 0 Å². The van der Waals surface area contributed by atoms with Crippen LogP contribution in [-0.2, 0) is 10.8 Å². The molecule has 19 rings (SSSR count). The van der Waals surface area contributed by atoms with Gasteiger partial charge in [-0.25, -0.2) is 0 Å². The van der Waals surface area contributed by atoms with Gasteiger partial charge in [-0.05, 0) is 164 Å². The number of hydrogen-bond acceptors (Lipinski definition) is 2. The summed E-state index contributed by atoms with van der Waals surface area (Å²) in [6.07, 6.45) is 0. The van der Waals surface area contributed by atoms with Crippen molar-refractivity contribution in [1.29, 1.82) is 0 Å². The van der Waals surface area contributed by atoms with Crippen LogP contribution >= 0.6 is 0 Å². The van der Waals surface area contributed by atoms with E-state index in [9.17, 15) is 0 Å². The number of aromatic nitrogens is 3. The van der Waals surface area contributed by atoms with Gasteiger partial charge in [0.2, 0.25) is 0 Å². The standard InChI is InChI=1S/C92H70BN5/c1-91(2,3)63-45-40-59(41-46-63)68-26-10-17-33-78(68)97-86-57-66(95-80-35-19-12-28-70(80)71-29-13-20-36-81(71)95)49-51-76(86)93-77-52-50-67(96-82-37-21-14-30-72(82)73-31-15-22-38-83(73)96)58-87(77)98(79-34-18-11-27-69(79)60-42-47-64(48-43-60)92(4,5)6)89-56-62(55-88(97)90(89)93)61-44-53-85-75(54-61)74-32-16-23-39-84(74)94(85)65-24-8-7-9-25-65/h7-58H,1-6H3. The molecular weight excluding hydrogens is 1190 g/mol. The molecule has 0 unspecified atom stereocenters. The molecule has 2 aliphatic rings. The smallest absolute Gasteiger partial charge is 0.252 e. The van der Waals surface area contributed by atoms with Gasteiger partial charge in [0.15, 0.2) is 0 Å². The summed E-state index contributed by atoms with van der Waals surface area (Å²) in [5.41, 5.74) is 30.3. The highest BCUT2D eigenvalue weighted by Gasteiger charge is 2.45. The van der Waals surface area contributed by atoms with Crippen LogP contribution in [0.25, 0.3) is 116 Å². The molecule has 0 atom stereocenters. The van der Waals surface area contributed by atoms with Gasteiger partial charge in [-0.15, -0.1) is 0 Å².